The van der Waals surface area contributed by atoms with Gasteiger partial charge in [0.25, 0.3) is 0 Å². The standard InChI is InChI=1S/C14H17N5O.ClH/c1-10(15-2)7-13-16-14(20-18-13)9-19-8-11-5-3-4-6-12(11)17-19;/h3-6,8,10,15H,7,9H2,1-2H3;1H. The minimum Gasteiger partial charge on any atom is -0.337 e. The summed E-state index contributed by atoms with van der Waals surface area (Å²) in [6.45, 7) is 2.58. The molecule has 1 N–H and O–H groups in total. The summed E-state index contributed by atoms with van der Waals surface area (Å²) in [7, 11) is 1.92. The van der Waals surface area contributed by atoms with Crippen molar-refractivity contribution in [3.05, 3.63) is 42.2 Å². The maximum Gasteiger partial charge on any atom is 0.248 e. The van der Waals surface area contributed by atoms with Crippen molar-refractivity contribution >= 4 is 23.3 Å². The fourth-order valence-electron chi connectivity index (χ4n) is 2.05. The van der Waals surface area contributed by atoms with Gasteiger partial charge in [0.05, 0.1) is 5.52 Å². The lowest BCUT2D eigenvalue weighted by Crippen LogP contribution is -2.24. The summed E-state index contributed by atoms with van der Waals surface area (Å²) in [4.78, 5) is 4.39. The van der Waals surface area contributed by atoms with Crippen LogP contribution in [0.15, 0.2) is 35.0 Å². The van der Waals surface area contributed by atoms with Crippen molar-refractivity contribution in [2.45, 2.75) is 25.9 Å². The lowest BCUT2D eigenvalue weighted by Gasteiger charge is -2.04. The summed E-state index contributed by atoms with van der Waals surface area (Å²) in [6.07, 6.45) is 2.73. The number of likely N-dealkylation sites (N-methyl/N-ethyl adjacent to an activating group) is 1. The number of nitrogens with one attached hydrogen (secondary N) is 1. The van der Waals surface area contributed by atoms with Gasteiger partial charge >= 0.3 is 0 Å². The summed E-state index contributed by atoms with van der Waals surface area (Å²) in [5, 5.41) is 12.7. The summed E-state index contributed by atoms with van der Waals surface area (Å²) >= 11 is 0. The van der Waals surface area contributed by atoms with Gasteiger partial charge in [-0.25, -0.2) is 0 Å². The Kier molecular flexibility index (Phi) is 4.93. The Morgan fingerprint density at radius 2 is 2.14 bits per heavy atom. The number of fused-ring (bicyclic) bond motifs is 1. The van der Waals surface area contributed by atoms with Gasteiger partial charge in [0, 0.05) is 24.0 Å². The maximum absolute atomic E-state index is 5.26. The quantitative estimate of drug-likeness (QED) is 0.781. The van der Waals surface area contributed by atoms with Crippen LogP contribution in [0.25, 0.3) is 10.9 Å². The molecule has 2 heterocycles. The van der Waals surface area contributed by atoms with Crippen molar-refractivity contribution in [3.63, 3.8) is 0 Å². The maximum atomic E-state index is 5.26. The average Bonchev–Trinajstić information content (AvgIpc) is 3.05. The van der Waals surface area contributed by atoms with Gasteiger partial charge in [0.15, 0.2) is 5.82 Å². The van der Waals surface area contributed by atoms with Crippen LogP contribution in [0.3, 0.4) is 0 Å². The topological polar surface area (TPSA) is 68.8 Å². The van der Waals surface area contributed by atoms with E-state index in [1.165, 1.54) is 0 Å². The smallest absolute Gasteiger partial charge is 0.248 e. The Morgan fingerprint density at radius 3 is 2.90 bits per heavy atom. The fraction of sp³-hybridized carbons (Fsp3) is 0.357. The van der Waals surface area contributed by atoms with E-state index < -0.39 is 0 Å². The van der Waals surface area contributed by atoms with Gasteiger partial charge in [-0.15, -0.1) is 12.4 Å². The van der Waals surface area contributed by atoms with E-state index in [0.29, 0.717) is 18.5 Å². The van der Waals surface area contributed by atoms with Gasteiger partial charge in [-0.2, -0.15) is 10.1 Å². The average molecular weight is 308 g/mol. The number of nitrogens with zero attached hydrogens (tertiary/aromatic N) is 4. The van der Waals surface area contributed by atoms with Crippen LogP contribution in [-0.4, -0.2) is 33.0 Å². The molecule has 0 radical (unpaired) electrons. The fourth-order valence-corrected chi connectivity index (χ4v) is 2.05. The molecule has 7 heteroatoms. The number of hydrogen-bond acceptors (Lipinski definition) is 5. The monoisotopic (exact) mass is 307 g/mol. The normalized spacial score (nSPS) is 12.3. The largest absolute Gasteiger partial charge is 0.337 e. The van der Waals surface area contributed by atoms with E-state index in [1.807, 2.05) is 42.2 Å². The number of hydrogen-bond donors (Lipinski definition) is 1. The van der Waals surface area contributed by atoms with Crippen molar-refractivity contribution in [1.29, 1.82) is 0 Å². The molecule has 0 aliphatic heterocycles. The number of rotatable bonds is 5. The van der Waals surface area contributed by atoms with Crippen molar-refractivity contribution in [3.8, 4) is 0 Å². The molecule has 0 saturated heterocycles. The number of benzene rings is 1. The molecule has 3 rings (SSSR count). The molecule has 0 fully saturated rings. The van der Waals surface area contributed by atoms with E-state index in [0.717, 1.165) is 23.1 Å². The zero-order valence-corrected chi connectivity index (χ0v) is 12.8. The van der Waals surface area contributed by atoms with Crippen molar-refractivity contribution < 1.29 is 4.52 Å². The third-order valence-corrected chi connectivity index (χ3v) is 3.25. The first-order chi connectivity index (χ1) is 9.74. The molecule has 3 aromatic rings. The summed E-state index contributed by atoms with van der Waals surface area (Å²) < 4.78 is 7.08. The lowest BCUT2D eigenvalue weighted by atomic mass is 10.2. The Balaban J connectivity index is 0.00000161. The van der Waals surface area contributed by atoms with Crippen molar-refractivity contribution in [1.82, 2.24) is 25.2 Å². The van der Waals surface area contributed by atoms with Crippen LogP contribution >= 0.6 is 12.4 Å². The molecule has 0 spiro atoms. The molecule has 6 nitrogen and oxygen atoms in total. The summed E-state index contributed by atoms with van der Waals surface area (Å²) in [5.74, 6) is 1.30. The summed E-state index contributed by atoms with van der Waals surface area (Å²) in [5.41, 5.74) is 0.969. The molecule has 1 aromatic carbocycles. The van der Waals surface area contributed by atoms with Crippen LogP contribution in [0, 0.1) is 0 Å². The van der Waals surface area contributed by atoms with E-state index in [4.69, 9.17) is 4.52 Å². The van der Waals surface area contributed by atoms with Crippen LogP contribution in [-0.2, 0) is 13.0 Å². The van der Waals surface area contributed by atoms with Crippen LogP contribution in [0.2, 0.25) is 0 Å². The van der Waals surface area contributed by atoms with Gasteiger partial charge in [-0.3, -0.25) is 4.68 Å². The molecule has 112 valence electrons. The Bertz CT molecular complexity index is 675. The minimum absolute atomic E-state index is 0. The van der Waals surface area contributed by atoms with Crippen LogP contribution in [0.1, 0.15) is 18.6 Å². The van der Waals surface area contributed by atoms with E-state index in [-0.39, 0.29) is 12.4 Å². The highest BCUT2D eigenvalue weighted by molar-refractivity contribution is 5.85. The highest BCUT2D eigenvalue weighted by atomic mass is 35.5. The molecule has 2 aromatic heterocycles. The third-order valence-electron chi connectivity index (χ3n) is 3.25. The molecule has 0 aliphatic carbocycles. The highest BCUT2D eigenvalue weighted by Crippen LogP contribution is 2.12. The predicted molar refractivity (Wildman–Crippen MR) is 82.6 cm³/mol. The van der Waals surface area contributed by atoms with Gasteiger partial charge in [-0.05, 0) is 20.0 Å². The molecule has 0 aliphatic rings. The zero-order chi connectivity index (χ0) is 13.9. The number of halogens is 1. The predicted octanol–water partition coefficient (Wildman–Crippen LogP) is 2.04. The molecule has 0 amide bonds. The first kappa shape index (κ1) is 15.5. The van der Waals surface area contributed by atoms with Gasteiger partial charge in [-0.1, -0.05) is 23.4 Å². The second-order valence-corrected chi connectivity index (χ2v) is 4.88. The Labute approximate surface area is 128 Å². The van der Waals surface area contributed by atoms with E-state index in [9.17, 15) is 0 Å². The van der Waals surface area contributed by atoms with Crippen LogP contribution < -0.4 is 5.32 Å². The first-order valence-corrected chi connectivity index (χ1v) is 6.65. The molecule has 1 unspecified atom stereocenters. The molecule has 21 heavy (non-hydrogen) atoms. The first-order valence-electron chi connectivity index (χ1n) is 6.65. The second-order valence-electron chi connectivity index (χ2n) is 4.88. The summed E-state index contributed by atoms with van der Waals surface area (Å²) in [6, 6.07) is 8.32. The van der Waals surface area contributed by atoms with E-state index >= 15 is 0 Å². The van der Waals surface area contributed by atoms with Gasteiger partial charge in [0.1, 0.15) is 6.54 Å². The molecular weight excluding hydrogens is 290 g/mol. The van der Waals surface area contributed by atoms with Crippen molar-refractivity contribution in [2.75, 3.05) is 7.05 Å². The number of aromatic nitrogens is 4. The lowest BCUT2D eigenvalue weighted by molar-refractivity contribution is 0.360. The van der Waals surface area contributed by atoms with Gasteiger partial charge in [0.2, 0.25) is 5.89 Å². The Hall–Kier alpha value is -1.92. The molecule has 0 bridgehead atoms. The molecule has 1 atom stereocenters. The molecule has 0 saturated carbocycles. The SMILES string of the molecule is CNC(C)Cc1noc(Cn2cc3ccccc3n2)n1.Cl. The van der Waals surface area contributed by atoms with Gasteiger partial charge < -0.3 is 9.84 Å². The second kappa shape index (κ2) is 6.69. The van der Waals surface area contributed by atoms with Crippen LogP contribution in [0.5, 0.6) is 0 Å². The van der Waals surface area contributed by atoms with Crippen LogP contribution in [0.4, 0.5) is 0 Å². The minimum atomic E-state index is 0. The van der Waals surface area contributed by atoms with E-state index in [2.05, 4.69) is 27.5 Å². The van der Waals surface area contributed by atoms with Crippen molar-refractivity contribution in [2.24, 2.45) is 0 Å². The Morgan fingerprint density at radius 1 is 1.33 bits per heavy atom. The third kappa shape index (κ3) is 3.59. The highest BCUT2D eigenvalue weighted by Gasteiger charge is 2.10. The molecular formula is C14H18ClN5O. The van der Waals surface area contributed by atoms with E-state index in [1.54, 1.807) is 0 Å². The zero-order valence-electron chi connectivity index (χ0n) is 12.0.